The van der Waals surface area contributed by atoms with Gasteiger partial charge in [0.15, 0.2) is 5.95 Å². The van der Waals surface area contributed by atoms with Crippen LogP contribution in [0.1, 0.15) is 25.6 Å². The van der Waals surface area contributed by atoms with Crippen LogP contribution in [0.2, 0.25) is 0 Å². The number of rotatable bonds is 4. The summed E-state index contributed by atoms with van der Waals surface area (Å²) in [6.45, 7) is 5.16. The maximum atomic E-state index is 4.13. The molecule has 0 aliphatic carbocycles. The van der Waals surface area contributed by atoms with Gasteiger partial charge in [0.1, 0.15) is 0 Å². The van der Waals surface area contributed by atoms with Gasteiger partial charge in [-0.25, -0.2) is 4.98 Å². The summed E-state index contributed by atoms with van der Waals surface area (Å²) in [6.07, 6.45) is 1.85. The van der Waals surface area contributed by atoms with Gasteiger partial charge in [0.05, 0.1) is 11.9 Å². The number of hydrogen-bond donors (Lipinski definition) is 3. The topological polar surface area (TPSA) is 52.7 Å². The monoisotopic (exact) mass is 168 g/mol. The Morgan fingerprint density at radius 1 is 1.67 bits per heavy atom. The van der Waals surface area contributed by atoms with Gasteiger partial charge in [-0.2, -0.15) is 0 Å². The summed E-state index contributed by atoms with van der Waals surface area (Å²) in [6, 6.07) is 0.338. The molecule has 0 spiro atoms. The molecule has 1 aromatic heterocycles. The van der Waals surface area contributed by atoms with Gasteiger partial charge in [0.2, 0.25) is 0 Å². The average Bonchev–Trinajstić information content (AvgIpc) is 2.52. The standard InChI is InChI=1S/C8H16N4/c1-4-10-6(2)7-5-11-8(9-3)12-7/h5-6,10H,4H2,1-3H3,(H2,9,11,12). The first kappa shape index (κ1) is 9.06. The molecule has 0 bridgehead atoms. The van der Waals surface area contributed by atoms with Crippen LogP contribution in [0.4, 0.5) is 5.95 Å². The zero-order chi connectivity index (χ0) is 8.97. The summed E-state index contributed by atoms with van der Waals surface area (Å²) in [7, 11) is 1.85. The lowest BCUT2D eigenvalue weighted by molar-refractivity contribution is 0.586. The van der Waals surface area contributed by atoms with Crippen molar-refractivity contribution in [3.63, 3.8) is 0 Å². The lowest BCUT2D eigenvalue weighted by Crippen LogP contribution is -2.17. The fourth-order valence-corrected chi connectivity index (χ4v) is 1.10. The molecule has 4 nitrogen and oxygen atoms in total. The Kier molecular flexibility index (Phi) is 3.10. The number of hydrogen-bond acceptors (Lipinski definition) is 3. The molecule has 68 valence electrons. The Bertz CT molecular complexity index is 231. The number of nitrogens with one attached hydrogen (secondary N) is 3. The predicted molar refractivity (Wildman–Crippen MR) is 50.2 cm³/mol. The lowest BCUT2D eigenvalue weighted by Gasteiger charge is -2.08. The van der Waals surface area contributed by atoms with E-state index in [4.69, 9.17) is 0 Å². The number of nitrogens with zero attached hydrogens (tertiary/aromatic N) is 1. The van der Waals surface area contributed by atoms with Crippen molar-refractivity contribution in [2.75, 3.05) is 18.9 Å². The third kappa shape index (κ3) is 1.98. The molecule has 0 aliphatic heterocycles. The van der Waals surface area contributed by atoms with Gasteiger partial charge in [-0.05, 0) is 13.5 Å². The van der Waals surface area contributed by atoms with E-state index < -0.39 is 0 Å². The molecule has 0 saturated carbocycles. The first-order valence-electron chi connectivity index (χ1n) is 4.24. The summed E-state index contributed by atoms with van der Waals surface area (Å²) in [5.41, 5.74) is 1.11. The van der Waals surface area contributed by atoms with E-state index in [0.29, 0.717) is 6.04 Å². The minimum absolute atomic E-state index is 0.338. The minimum atomic E-state index is 0.338. The molecule has 1 heterocycles. The van der Waals surface area contributed by atoms with E-state index in [9.17, 15) is 0 Å². The molecule has 4 heteroatoms. The number of imidazole rings is 1. The number of H-pyrrole nitrogens is 1. The highest BCUT2D eigenvalue weighted by atomic mass is 15.1. The number of aromatic nitrogens is 2. The summed E-state index contributed by atoms with van der Waals surface area (Å²) in [4.78, 5) is 7.29. The summed E-state index contributed by atoms with van der Waals surface area (Å²) >= 11 is 0. The van der Waals surface area contributed by atoms with E-state index in [1.807, 2.05) is 13.2 Å². The fourth-order valence-electron chi connectivity index (χ4n) is 1.10. The van der Waals surface area contributed by atoms with Crippen molar-refractivity contribution in [2.24, 2.45) is 0 Å². The highest BCUT2D eigenvalue weighted by Gasteiger charge is 2.05. The Hall–Kier alpha value is -1.03. The van der Waals surface area contributed by atoms with Gasteiger partial charge in [-0.3, -0.25) is 0 Å². The van der Waals surface area contributed by atoms with Crippen molar-refractivity contribution < 1.29 is 0 Å². The molecule has 0 aromatic carbocycles. The molecular weight excluding hydrogens is 152 g/mol. The van der Waals surface area contributed by atoms with E-state index in [2.05, 4.69) is 34.4 Å². The van der Waals surface area contributed by atoms with Gasteiger partial charge < -0.3 is 15.6 Å². The van der Waals surface area contributed by atoms with E-state index in [0.717, 1.165) is 18.2 Å². The fraction of sp³-hybridized carbons (Fsp3) is 0.625. The minimum Gasteiger partial charge on any atom is -0.359 e. The first-order valence-corrected chi connectivity index (χ1v) is 4.24. The van der Waals surface area contributed by atoms with E-state index in [-0.39, 0.29) is 0 Å². The molecule has 0 amide bonds. The molecule has 0 fully saturated rings. The molecule has 1 atom stereocenters. The maximum Gasteiger partial charge on any atom is 0.200 e. The molecular formula is C8H16N4. The van der Waals surface area contributed by atoms with Crippen molar-refractivity contribution in [1.82, 2.24) is 15.3 Å². The number of aromatic amines is 1. The lowest BCUT2D eigenvalue weighted by atomic mass is 10.2. The van der Waals surface area contributed by atoms with Crippen molar-refractivity contribution in [3.05, 3.63) is 11.9 Å². The van der Waals surface area contributed by atoms with E-state index >= 15 is 0 Å². The van der Waals surface area contributed by atoms with Gasteiger partial charge in [-0.1, -0.05) is 6.92 Å². The summed E-state index contributed by atoms with van der Waals surface area (Å²) in [5.74, 6) is 0.815. The van der Waals surface area contributed by atoms with Gasteiger partial charge in [0.25, 0.3) is 0 Å². The van der Waals surface area contributed by atoms with Crippen LogP contribution < -0.4 is 10.6 Å². The SMILES string of the molecule is CCNC(C)c1cnc(NC)[nH]1. The Morgan fingerprint density at radius 3 is 2.92 bits per heavy atom. The number of anilines is 1. The van der Waals surface area contributed by atoms with Crippen molar-refractivity contribution in [2.45, 2.75) is 19.9 Å². The molecule has 1 rings (SSSR count). The van der Waals surface area contributed by atoms with Crippen LogP contribution in [0.3, 0.4) is 0 Å². The summed E-state index contributed by atoms with van der Waals surface area (Å²) < 4.78 is 0. The van der Waals surface area contributed by atoms with Crippen LogP contribution in [0.15, 0.2) is 6.20 Å². The van der Waals surface area contributed by atoms with E-state index in [1.165, 1.54) is 0 Å². The average molecular weight is 168 g/mol. The molecule has 3 N–H and O–H groups in total. The van der Waals surface area contributed by atoms with E-state index in [1.54, 1.807) is 0 Å². The van der Waals surface area contributed by atoms with Gasteiger partial charge in [0, 0.05) is 13.1 Å². The molecule has 0 radical (unpaired) electrons. The largest absolute Gasteiger partial charge is 0.359 e. The van der Waals surface area contributed by atoms with Gasteiger partial charge >= 0.3 is 0 Å². The maximum absolute atomic E-state index is 4.13. The van der Waals surface area contributed by atoms with Gasteiger partial charge in [-0.15, -0.1) is 0 Å². The summed E-state index contributed by atoms with van der Waals surface area (Å²) in [5, 5.41) is 6.25. The molecule has 0 aliphatic rings. The van der Waals surface area contributed by atoms with Crippen LogP contribution in [0.25, 0.3) is 0 Å². The second-order valence-corrected chi connectivity index (χ2v) is 2.72. The Morgan fingerprint density at radius 2 is 2.42 bits per heavy atom. The smallest absolute Gasteiger partial charge is 0.200 e. The highest BCUT2D eigenvalue weighted by Crippen LogP contribution is 2.10. The van der Waals surface area contributed by atoms with Crippen LogP contribution in [-0.4, -0.2) is 23.6 Å². The molecule has 0 saturated heterocycles. The Labute approximate surface area is 72.8 Å². The van der Waals surface area contributed by atoms with Crippen LogP contribution in [0, 0.1) is 0 Å². The third-order valence-electron chi connectivity index (χ3n) is 1.81. The van der Waals surface area contributed by atoms with Crippen LogP contribution in [-0.2, 0) is 0 Å². The molecule has 12 heavy (non-hydrogen) atoms. The van der Waals surface area contributed by atoms with Crippen molar-refractivity contribution >= 4 is 5.95 Å². The van der Waals surface area contributed by atoms with Crippen LogP contribution in [0.5, 0.6) is 0 Å². The predicted octanol–water partition coefficient (Wildman–Crippen LogP) is 1.12. The zero-order valence-electron chi connectivity index (χ0n) is 7.81. The normalized spacial score (nSPS) is 12.9. The first-order chi connectivity index (χ1) is 5.77. The highest BCUT2D eigenvalue weighted by molar-refractivity contribution is 5.25. The van der Waals surface area contributed by atoms with Crippen LogP contribution >= 0.6 is 0 Å². The third-order valence-corrected chi connectivity index (χ3v) is 1.81. The van der Waals surface area contributed by atoms with Crippen molar-refractivity contribution in [3.8, 4) is 0 Å². The molecule has 1 unspecified atom stereocenters. The quantitative estimate of drug-likeness (QED) is 0.631. The second-order valence-electron chi connectivity index (χ2n) is 2.72. The van der Waals surface area contributed by atoms with Crippen molar-refractivity contribution in [1.29, 1.82) is 0 Å². The second kappa shape index (κ2) is 4.11. The Balaban J connectivity index is 2.61. The zero-order valence-corrected chi connectivity index (χ0v) is 7.81. The molecule has 1 aromatic rings.